The highest BCUT2D eigenvalue weighted by Gasteiger charge is 2.39. The van der Waals surface area contributed by atoms with Crippen molar-refractivity contribution in [2.45, 2.75) is 25.9 Å². The minimum atomic E-state index is -2.00. The summed E-state index contributed by atoms with van der Waals surface area (Å²) in [5, 5.41) is 28.2. The predicted octanol–water partition coefficient (Wildman–Crippen LogP) is 3.14. The Morgan fingerprint density at radius 3 is 1.63 bits per heavy atom. The van der Waals surface area contributed by atoms with Gasteiger partial charge in [-0.25, -0.2) is 4.79 Å². The van der Waals surface area contributed by atoms with Crippen molar-refractivity contribution in [2.24, 2.45) is 0 Å². The van der Waals surface area contributed by atoms with Crippen molar-refractivity contribution >= 4 is 18.4 Å². The fraction of sp³-hybridized carbons (Fsp3) is 0.381. The number of benzene rings is 2. The predicted molar refractivity (Wildman–Crippen MR) is 110 cm³/mol. The van der Waals surface area contributed by atoms with Crippen molar-refractivity contribution in [2.75, 3.05) is 26.2 Å². The highest BCUT2D eigenvalue weighted by atomic mass is 35.5. The summed E-state index contributed by atoms with van der Waals surface area (Å²) in [6.07, 6.45) is 0.904. The van der Waals surface area contributed by atoms with E-state index < -0.39 is 11.6 Å². The maximum absolute atomic E-state index is 11.4. The van der Waals surface area contributed by atoms with Gasteiger partial charge in [-0.1, -0.05) is 74.5 Å². The van der Waals surface area contributed by atoms with E-state index in [0.717, 1.165) is 26.1 Å². The quantitative estimate of drug-likeness (QED) is 0.639. The molecule has 0 saturated carbocycles. The van der Waals surface area contributed by atoms with E-state index in [-0.39, 0.29) is 12.4 Å². The molecule has 0 unspecified atom stereocenters. The number of carbonyl (C=O) groups is 1. The lowest BCUT2D eigenvalue weighted by Crippen LogP contribution is -2.36. The molecule has 0 spiro atoms. The number of nitrogens with zero attached hydrogens (tertiary/aromatic N) is 1. The standard InChI is InChI=1S/C14H12O3.C7H17NO.ClH/c15-13(16)14(17,11-7-3-1-4-8-11)12-9-5-2-6-10-12;1-3-8(4-2)6-5-7-9;/h1-10,17H,(H,15,16);9H,3-7H2,1-2H3;1H. The molecule has 0 aliphatic carbocycles. The van der Waals surface area contributed by atoms with E-state index in [4.69, 9.17) is 5.11 Å². The van der Waals surface area contributed by atoms with Gasteiger partial charge >= 0.3 is 5.97 Å². The SMILES string of the molecule is CCN(CC)CCCO.Cl.O=C(O)C(O)(c1ccccc1)c1ccccc1. The second-order valence-corrected chi connectivity index (χ2v) is 5.85. The molecule has 3 N–H and O–H groups in total. The zero-order valence-electron chi connectivity index (χ0n) is 15.9. The molecule has 2 aromatic rings. The molecule has 2 rings (SSSR count). The van der Waals surface area contributed by atoms with E-state index in [1.54, 1.807) is 60.7 Å². The lowest BCUT2D eigenvalue weighted by atomic mass is 9.86. The van der Waals surface area contributed by atoms with Crippen LogP contribution in [0.4, 0.5) is 0 Å². The van der Waals surface area contributed by atoms with Crippen molar-refractivity contribution in [1.29, 1.82) is 0 Å². The minimum absolute atomic E-state index is 0. The van der Waals surface area contributed by atoms with Gasteiger partial charge in [-0.2, -0.15) is 0 Å². The van der Waals surface area contributed by atoms with Crippen molar-refractivity contribution in [1.82, 2.24) is 4.90 Å². The number of hydrogen-bond donors (Lipinski definition) is 3. The largest absolute Gasteiger partial charge is 0.479 e. The van der Waals surface area contributed by atoms with Gasteiger partial charge in [0.2, 0.25) is 5.60 Å². The van der Waals surface area contributed by atoms with Crippen molar-refractivity contribution in [3.05, 3.63) is 71.8 Å². The number of aliphatic carboxylic acids is 1. The summed E-state index contributed by atoms with van der Waals surface area (Å²) >= 11 is 0. The van der Waals surface area contributed by atoms with Gasteiger partial charge in [-0.3, -0.25) is 0 Å². The molecule has 5 nitrogen and oxygen atoms in total. The number of carboxylic acid groups (broad SMARTS) is 1. The number of halogens is 1. The van der Waals surface area contributed by atoms with Crippen LogP contribution < -0.4 is 0 Å². The van der Waals surface area contributed by atoms with Crippen LogP contribution in [-0.4, -0.2) is 52.4 Å². The van der Waals surface area contributed by atoms with Gasteiger partial charge in [0.05, 0.1) is 0 Å². The zero-order chi connectivity index (χ0) is 19.4. The molecule has 0 fully saturated rings. The van der Waals surface area contributed by atoms with Crippen molar-refractivity contribution in [3.63, 3.8) is 0 Å². The van der Waals surface area contributed by atoms with Crippen LogP contribution in [0.15, 0.2) is 60.7 Å². The van der Waals surface area contributed by atoms with Crippen molar-refractivity contribution < 1.29 is 20.1 Å². The lowest BCUT2D eigenvalue weighted by Gasteiger charge is -2.24. The molecule has 27 heavy (non-hydrogen) atoms. The third-order valence-corrected chi connectivity index (χ3v) is 4.22. The van der Waals surface area contributed by atoms with Crippen LogP contribution in [0, 0.1) is 0 Å². The smallest absolute Gasteiger partial charge is 0.345 e. The maximum atomic E-state index is 11.4. The minimum Gasteiger partial charge on any atom is -0.479 e. The van der Waals surface area contributed by atoms with E-state index in [1.807, 2.05) is 0 Å². The molecule has 6 heteroatoms. The first kappa shape index (κ1) is 25.1. The van der Waals surface area contributed by atoms with Crippen molar-refractivity contribution in [3.8, 4) is 0 Å². The Morgan fingerprint density at radius 2 is 1.33 bits per heavy atom. The second kappa shape index (κ2) is 13.3. The van der Waals surface area contributed by atoms with E-state index >= 15 is 0 Å². The van der Waals surface area contributed by atoms with Gasteiger partial charge in [0, 0.05) is 13.2 Å². The molecule has 150 valence electrons. The molecule has 0 heterocycles. The van der Waals surface area contributed by atoms with Crippen LogP contribution in [0.25, 0.3) is 0 Å². The van der Waals surface area contributed by atoms with Crippen LogP contribution >= 0.6 is 12.4 Å². The summed E-state index contributed by atoms with van der Waals surface area (Å²) in [5.74, 6) is -1.28. The van der Waals surface area contributed by atoms with Gasteiger partial charge in [0.25, 0.3) is 0 Å². The Balaban J connectivity index is 0.000000584. The van der Waals surface area contributed by atoms with E-state index in [1.165, 1.54) is 0 Å². The van der Waals surface area contributed by atoms with Crippen LogP contribution in [-0.2, 0) is 10.4 Å². The Bertz CT molecular complexity index is 594. The fourth-order valence-electron chi connectivity index (χ4n) is 2.61. The van der Waals surface area contributed by atoms with Gasteiger partial charge in [-0.05, 0) is 30.6 Å². The molecule has 0 bridgehead atoms. The molecule has 0 amide bonds. The third-order valence-electron chi connectivity index (χ3n) is 4.22. The molecule has 0 aliphatic heterocycles. The number of hydrogen-bond acceptors (Lipinski definition) is 4. The Hall–Kier alpha value is -1.92. The van der Waals surface area contributed by atoms with Crippen LogP contribution in [0.2, 0.25) is 0 Å². The Kier molecular flexibility index (Phi) is 12.3. The van der Waals surface area contributed by atoms with Crippen LogP contribution in [0.1, 0.15) is 31.4 Å². The molecule has 0 radical (unpaired) electrons. The monoisotopic (exact) mass is 395 g/mol. The summed E-state index contributed by atoms with van der Waals surface area (Å²) in [4.78, 5) is 13.7. The normalized spacial score (nSPS) is 10.6. The molecular formula is C21H30ClNO4. The summed E-state index contributed by atoms with van der Waals surface area (Å²) in [6.45, 7) is 7.81. The number of carboxylic acids is 1. The molecule has 0 saturated heterocycles. The fourth-order valence-corrected chi connectivity index (χ4v) is 2.61. The second-order valence-electron chi connectivity index (χ2n) is 5.85. The zero-order valence-corrected chi connectivity index (χ0v) is 16.7. The number of rotatable bonds is 8. The Morgan fingerprint density at radius 1 is 0.926 bits per heavy atom. The summed E-state index contributed by atoms with van der Waals surface area (Å²) < 4.78 is 0. The number of aliphatic hydroxyl groups is 2. The van der Waals surface area contributed by atoms with Gasteiger partial charge in [0.15, 0.2) is 0 Å². The molecule has 0 aromatic heterocycles. The summed E-state index contributed by atoms with van der Waals surface area (Å²) in [7, 11) is 0. The molecule has 0 aliphatic rings. The number of aliphatic hydroxyl groups excluding tert-OH is 1. The molecular weight excluding hydrogens is 366 g/mol. The summed E-state index contributed by atoms with van der Waals surface area (Å²) in [5.41, 5.74) is -1.31. The van der Waals surface area contributed by atoms with Crippen LogP contribution in [0.3, 0.4) is 0 Å². The van der Waals surface area contributed by atoms with E-state index in [0.29, 0.717) is 17.7 Å². The third kappa shape index (κ3) is 7.31. The van der Waals surface area contributed by atoms with Crippen LogP contribution in [0.5, 0.6) is 0 Å². The summed E-state index contributed by atoms with van der Waals surface area (Å²) in [6, 6.07) is 16.7. The first-order valence-corrected chi connectivity index (χ1v) is 8.90. The molecule has 2 aromatic carbocycles. The average molecular weight is 396 g/mol. The highest BCUT2D eigenvalue weighted by molar-refractivity contribution is 5.85. The average Bonchev–Trinajstić information content (AvgIpc) is 2.70. The first-order valence-electron chi connectivity index (χ1n) is 8.90. The molecule has 0 atom stereocenters. The Labute approximate surface area is 167 Å². The van der Waals surface area contributed by atoms with E-state index in [2.05, 4.69) is 18.7 Å². The lowest BCUT2D eigenvalue weighted by molar-refractivity contribution is -0.155. The highest BCUT2D eigenvalue weighted by Crippen LogP contribution is 2.29. The van der Waals surface area contributed by atoms with E-state index in [9.17, 15) is 15.0 Å². The van der Waals surface area contributed by atoms with Gasteiger partial charge in [-0.15, -0.1) is 12.4 Å². The first-order chi connectivity index (χ1) is 12.5. The van der Waals surface area contributed by atoms with Gasteiger partial charge < -0.3 is 20.2 Å². The van der Waals surface area contributed by atoms with Gasteiger partial charge in [0.1, 0.15) is 0 Å². The topological polar surface area (TPSA) is 81.0 Å². The maximum Gasteiger partial charge on any atom is 0.345 e.